The van der Waals surface area contributed by atoms with Crippen molar-refractivity contribution in [2.24, 2.45) is 4.99 Å². The lowest BCUT2D eigenvalue weighted by Gasteiger charge is -2.02. The van der Waals surface area contributed by atoms with Gasteiger partial charge in [0.15, 0.2) is 0 Å². The molecule has 0 aliphatic rings. The van der Waals surface area contributed by atoms with Gasteiger partial charge in [0, 0.05) is 5.71 Å². The summed E-state index contributed by atoms with van der Waals surface area (Å²) < 4.78 is 5.02. The first-order valence-electron chi connectivity index (χ1n) is 3.99. The topological polar surface area (TPSA) is 21.6 Å². The van der Waals surface area contributed by atoms with Crippen molar-refractivity contribution in [1.29, 1.82) is 0 Å². The Balaban J connectivity index is 3.03. The Hall–Kier alpha value is -1.02. The van der Waals surface area contributed by atoms with Crippen molar-refractivity contribution < 1.29 is 4.74 Å². The molecule has 0 bridgehead atoms. The molecule has 1 aromatic rings. The molecular formula is C10H12ClNO. The number of hydrogen-bond donors (Lipinski definition) is 0. The van der Waals surface area contributed by atoms with Crippen molar-refractivity contribution in [2.75, 3.05) is 7.11 Å². The molecule has 2 nitrogen and oxygen atoms in total. The summed E-state index contributed by atoms with van der Waals surface area (Å²) in [5, 5.41) is 0.588. The fourth-order valence-electron chi connectivity index (χ4n) is 0.983. The first kappa shape index (κ1) is 10.1. The fourth-order valence-corrected chi connectivity index (χ4v) is 1.23. The summed E-state index contributed by atoms with van der Waals surface area (Å²) in [6.45, 7) is 3.89. The molecular weight excluding hydrogens is 186 g/mol. The smallest absolute Gasteiger partial charge is 0.137 e. The van der Waals surface area contributed by atoms with Crippen LogP contribution < -0.4 is 4.74 Å². The van der Waals surface area contributed by atoms with Crippen molar-refractivity contribution in [3.8, 4) is 5.75 Å². The minimum Gasteiger partial charge on any atom is -0.495 e. The summed E-state index contributed by atoms with van der Waals surface area (Å²) in [5.41, 5.74) is 1.85. The molecule has 0 radical (unpaired) electrons. The van der Waals surface area contributed by atoms with E-state index in [1.807, 2.05) is 26.0 Å². The van der Waals surface area contributed by atoms with Crippen molar-refractivity contribution in [2.45, 2.75) is 13.8 Å². The quantitative estimate of drug-likeness (QED) is 0.666. The first-order valence-corrected chi connectivity index (χ1v) is 4.36. The molecule has 0 saturated carbocycles. The molecule has 0 atom stereocenters. The molecule has 0 amide bonds. The highest BCUT2D eigenvalue weighted by molar-refractivity contribution is 6.32. The molecule has 0 N–H and O–H groups in total. The zero-order valence-electron chi connectivity index (χ0n) is 7.97. The molecule has 0 fully saturated rings. The van der Waals surface area contributed by atoms with Gasteiger partial charge in [0.2, 0.25) is 0 Å². The lowest BCUT2D eigenvalue weighted by Crippen LogP contribution is -1.83. The van der Waals surface area contributed by atoms with Gasteiger partial charge in [0.25, 0.3) is 0 Å². The fraction of sp³-hybridized carbons (Fsp3) is 0.300. The lowest BCUT2D eigenvalue weighted by molar-refractivity contribution is 0.415. The molecule has 1 rings (SSSR count). The number of ether oxygens (including phenoxy) is 1. The van der Waals surface area contributed by atoms with Crippen LogP contribution in [0.25, 0.3) is 0 Å². The summed E-state index contributed by atoms with van der Waals surface area (Å²) in [7, 11) is 1.59. The van der Waals surface area contributed by atoms with Gasteiger partial charge in [-0.05, 0) is 32.0 Å². The average Bonchev–Trinajstić information content (AvgIpc) is 2.03. The molecule has 0 unspecified atom stereocenters. The SMILES string of the molecule is COc1ccc(N=C(C)C)cc1Cl. The van der Waals surface area contributed by atoms with E-state index in [-0.39, 0.29) is 0 Å². The summed E-state index contributed by atoms with van der Waals surface area (Å²) in [6, 6.07) is 5.47. The van der Waals surface area contributed by atoms with E-state index in [0.29, 0.717) is 10.8 Å². The third kappa shape index (κ3) is 2.74. The summed E-state index contributed by atoms with van der Waals surface area (Å²) in [5.74, 6) is 0.675. The van der Waals surface area contributed by atoms with E-state index in [1.54, 1.807) is 13.2 Å². The second-order valence-corrected chi connectivity index (χ2v) is 3.29. The Morgan fingerprint density at radius 1 is 1.38 bits per heavy atom. The molecule has 0 aromatic heterocycles. The number of nitrogens with zero attached hydrogens (tertiary/aromatic N) is 1. The van der Waals surface area contributed by atoms with Gasteiger partial charge in [-0.15, -0.1) is 0 Å². The van der Waals surface area contributed by atoms with Crippen molar-refractivity contribution >= 4 is 23.0 Å². The minimum atomic E-state index is 0.588. The predicted octanol–water partition coefficient (Wildman–Crippen LogP) is 3.46. The van der Waals surface area contributed by atoms with Crippen LogP contribution >= 0.6 is 11.6 Å². The first-order chi connectivity index (χ1) is 6.13. The molecule has 70 valence electrons. The van der Waals surface area contributed by atoms with Crippen LogP contribution in [0.3, 0.4) is 0 Å². The summed E-state index contributed by atoms with van der Waals surface area (Å²) >= 11 is 5.92. The van der Waals surface area contributed by atoms with Gasteiger partial charge in [-0.2, -0.15) is 0 Å². The van der Waals surface area contributed by atoms with E-state index < -0.39 is 0 Å². The Morgan fingerprint density at radius 2 is 2.08 bits per heavy atom. The molecule has 0 aliphatic heterocycles. The van der Waals surface area contributed by atoms with E-state index in [9.17, 15) is 0 Å². The zero-order valence-corrected chi connectivity index (χ0v) is 8.72. The normalized spacial score (nSPS) is 9.54. The highest BCUT2D eigenvalue weighted by Gasteiger charge is 1.99. The van der Waals surface area contributed by atoms with Crippen LogP contribution in [-0.4, -0.2) is 12.8 Å². The lowest BCUT2D eigenvalue weighted by atomic mass is 10.3. The molecule has 0 aliphatic carbocycles. The number of hydrogen-bond acceptors (Lipinski definition) is 2. The van der Waals surface area contributed by atoms with Gasteiger partial charge in [0.1, 0.15) is 5.75 Å². The van der Waals surface area contributed by atoms with Crippen LogP contribution in [0.15, 0.2) is 23.2 Å². The predicted molar refractivity (Wildman–Crippen MR) is 56.4 cm³/mol. The van der Waals surface area contributed by atoms with Crippen molar-refractivity contribution in [1.82, 2.24) is 0 Å². The largest absolute Gasteiger partial charge is 0.495 e. The van der Waals surface area contributed by atoms with E-state index >= 15 is 0 Å². The molecule has 0 heterocycles. The van der Waals surface area contributed by atoms with Crippen LogP contribution in [0, 0.1) is 0 Å². The van der Waals surface area contributed by atoms with E-state index in [2.05, 4.69) is 4.99 Å². The number of aliphatic imine (C=N–C) groups is 1. The zero-order chi connectivity index (χ0) is 9.84. The van der Waals surface area contributed by atoms with E-state index in [1.165, 1.54) is 0 Å². The highest BCUT2D eigenvalue weighted by atomic mass is 35.5. The van der Waals surface area contributed by atoms with Gasteiger partial charge < -0.3 is 4.74 Å². The number of benzene rings is 1. The molecule has 3 heteroatoms. The van der Waals surface area contributed by atoms with Crippen LogP contribution in [-0.2, 0) is 0 Å². The summed E-state index contributed by atoms with van der Waals surface area (Å²) in [4.78, 5) is 4.27. The Morgan fingerprint density at radius 3 is 2.54 bits per heavy atom. The standard InChI is InChI=1S/C10H12ClNO/c1-7(2)12-8-4-5-10(13-3)9(11)6-8/h4-6H,1-3H3. The minimum absolute atomic E-state index is 0.588. The van der Waals surface area contributed by atoms with Gasteiger partial charge in [-0.3, -0.25) is 4.99 Å². The molecule has 1 aromatic carbocycles. The molecule has 0 spiro atoms. The van der Waals surface area contributed by atoms with Crippen LogP contribution in [0.2, 0.25) is 5.02 Å². The number of rotatable bonds is 2. The monoisotopic (exact) mass is 197 g/mol. The van der Waals surface area contributed by atoms with Crippen LogP contribution in [0.4, 0.5) is 5.69 Å². The number of methoxy groups -OCH3 is 1. The summed E-state index contributed by atoms with van der Waals surface area (Å²) in [6.07, 6.45) is 0. The van der Waals surface area contributed by atoms with Crippen LogP contribution in [0.5, 0.6) is 5.75 Å². The average molecular weight is 198 g/mol. The van der Waals surface area contributed by atoms with E-state index in [4.69, 9.17) is 16.3 Å². The van der Waals surface area contributed by atoms with Gasteiger partial charge in [-0.25, -0.2) is 0 Å². The van der Waals surface area contributed by atoms with Gasteiger partial charge in [0.05, 0.1) is 17.8 Å². The maximum absolute atomic E-state index is 5.92. The second-order valence-electron chi connectivity index (χ2n) is 2.88. The van der Waals surface area contributed by atoms with Crippen LogP contribution in [0.1, 0.15) is 13.8 Å². The number of halogens is 1. The maximum atomic E-state index is 5.92. The third-order valence-corrected chi connectivity index (χ3v) is 1.78. The third-order valence-electron chi connectivity index (χ3n) is 1.49. The van der Waals surface area contributed by atoms with Gasteiger partial charge in [-0.1, -0.05) is 11.6 Å². The van der Waals surface area contributed by atoms with Gasteiger partial charge >= 0.3 is 0 Å². The maximum Gasteiger partial charge on any atom is 0.137 e. The molecule has 0 saturated heterocycles. The highest BCUT2D eigenvalue weighted by Crippen LogP contribution is 2.28. The Bertz CT molecular complexity index is 330. The van der Waals surface area contributed by atoms with Crippen molar-refractivity contribution in [3.63, 3.8) is 0 Å². The molecule has 13 heavy (non-hydrogen) atoms. The van der Waals surface area contributed by atoms with Crippen molar-refractivity contribution in [3.05, 3.63) is 23.2 Å². The Labute approximate surface area is 83.2 Å². The Kier molecular flexibility index (Phi) is 3.32. The second kappa shape index (κ2) is 4.28. The van der Waals surface area contributed by atoms with E-state index in [0.717, 1.165) is 11.4 Å².